The summed E-state index contributed by atoms with van der Waals surface area (Å²) in [6, 6.07) is 16.1. The van der Waals surface area contributed by atoms with E-state index < -0.39 is 6.55 Å². The van der Waals surface area contributed by atoms with E-state index >= 15 is 0 Å². The van der Waals surface area contributed by atoms with Crippen molar-refractivity contribution in [1.29, 1.82) is 0 Å². The van der Waals surface area contributed by atoms with Gasteiger partial charge in [-0.25, -0.2) is 9.97 Å². The highest BCUT2D eigenvalue weighted by Gasteiger charge is 2.22. The van der Waals surface area contributed by atoms with Crippen molar-refractivity contribution in [3.8, 4) is 10.7 Å². The van der Waals surface area contributed by atoms with Gasteiger partial charge >= 0.3 is 6.55 Å². The van der Waals surface area contributed by atoms with Crippen molar-refractivity contribution in [2.24, 2.45) is 0 Å². The minimum absolute atomic E-state index is 0.136. The molecular formula is C21H16F2N4OS. The van der Waals surface area contributed by atoms with Crippen molar-refractivity contribution in [1.82, 2.24) is 14.5 Å². The van der Waals surface area contributed by atoms with Gasteiger partial charge in [-0.05, 0) is 30.7 Å². The molecule has 0 bridgehead atoms. The number of alkyl halides is 2. The lowest BCUT2D eigenvalue weighted by Gasteiger charge is -2.06. The zero-order valence-corrected chi connectivity index (χ0v) is 16.2. The van der Waals surface area contributed by atoms with Gasteiger partial charge in [0, 0.05) is 6.08 Å². The van der Waals surface area contributed by atoms with Crippen LogP contribution in [0.15, 0.2) is 60.7 Å². The number of nitrogens with one attached hydrogen (secondary N) is 1. The lowest BCUT2D eigenvalue weighted by Crippen LogP contribution is -2.07. The van der Waals surface area contributed by atoms with Gasteiger partial charge in [0.15, 0.2) is 11.0 Å². The fourth-order valence-corrected chi connectivity index (χ4v) is 3.90. The molecule has 0 saturated carbocycles. The molecule has 146 valence electrons. The number of benzene rings is 2. The van der Waals surface area contributed by atoms with Crippen molar-refractivity contribution in [3.63, 3.8) is 0 Å². The van der Waals surface area contributed by atoms with Gasteiger partial charge in [-0.15, -0.1) is 0 Å². The fraction of sp³-hybridized carbons (Fsp3) is 0.0952. The number of amides is 1. The van der Waals surface area contributed by atoms with Crippen LogP contribution in [0.3, 0.4) is 0 Å². The van der Waals surface area contributed by atoms with Crippen LogP contribution in [0.2, 0.25) is 0 Å². The maximum Gasteiger partial charge on any atom is 0.320 e. The van der Waals surface area contributed by atoms with Crippen molar-refractivity contribution in [3.05, 3.63) is 71.9 Å². The molecule has 0 saturated heterocycles. The molecule has 2 aromatic carbocycles. The highest BCUT2D eigenvalue weighted by Crippen LogP contribution is 2.36. The zero-order valence-electron chi connectivity index (χ0n) is 15.3. The topological polar surface area (TPSA) is 59.8 Å². The van der Waals surface area contributed by atoms with Crippen molar-refractivity contribution in [2.45, 2.75) is 13.5 Å². The van der Waals surface area contributed by atoms with Gasteiger partial charge in [-0.2, -0.15) is 8.78 Å². The minimum Gasteiger partial charge on any atom is -0.298 e. The lowest BCUT2D eigenvalue weighted by atomic mass is 10.2. The zero-order chi connectivity index (χ0) is 20.4. The maximum atomic E-state index is 13.7. The lowest BCUT2D eigenvalue weighted by molar-refractivity contribution is -0.111. The number of rotatable bonds is 5. The molecule has 0 atom stereocenters. The third kappa shape index (κ3) is 3.93. The molecule has 2 heterocycles. The van der Waals surface area contributed by atoms with Crippen LogP contribution in [0.4, 0.5) is 13.9 Å². The van der Waals surface area contributed by atoms with Crippen LogP contribution in [0.5, 0.6) is 0 Å². The van der Waals surface area contributed by atoms with E-state index in [1.54, 1.807) is 37.3 Å². The molecule has 0 aliphatic carbocycles. The molecule has 0 aliphatic heterocycles. The smallest absolute Gasteiger partial charge is 0.298 e. The average Bonchev–Trinajstić information content (AvgIpc) is 3.27. The molecule has 0 fully saturated rings. The molecule has 0 aliphatic rings. The Kier molecular flexibility index (Phi) is 5.18. The minimum atomic E-state index is -2.74. The molecule has 8 heteroatoms. The van der Waals surface area contributed by atoms with E-state index in [1.165, 1.54) is 6.08 Å². The largest absolute Gasteiger partial charge is 0.320 e. The first kappa shape index (κ1) is 18.9. The number of aryl methyl sites for hydroxylation is 1. The molecule has 0 unspecified atom stereocenters. The Bertz CT molecular complexity index is 1200. The number of nitrogens with zero attached hydrogens (tertiary/aromatic N) is 3. The van der Waals surface area contributed by atoms with Gasteiger partial charge in [-0.3, -0.25) is 14.7 Å². The second-order valence-corrected chi connectivity index (χ2v) is 7.24. The Morgan fingerprint density at radius 1 is 1.10 bits per heavy atom. The van der Waals surface area contributed by atoms with E-state index in [4.69, 9.17) is 0 Å². The summed E-state index contributed by atoms with van der Waals surface area (Å²) in [5, 5.41) is 3.01. The van der Waals surface area contributed by atoms with Crippen LogP contribution in [0.1, 0.15) is 17.8 Å². The highest BCUT2D eigenvalue weighted by molar-refractivity contribution is 7.19. The first-order valence-corrected chi connectivity index (χ1v) is 9.61. The van der Waals surface area contributed by atoms with Gasteiger partial charge in [0.25, 0.3) is 0 Å². The number of imidazole rings is 1. The summed E-state index contributed by atoms with van der Waals surface area (Å²) in [7, 11) is 0. The Hall–Kier alpha value is -3.39. The van der Waals surface area contributed by atoms with E-state index in [0.717, 1.165) is 21.5 Å². The van der Waals surface area contributed by atoms with E-state index in [0.29, 0.717) is 26.7 Å². The van der Waals surface area contributed by atoms with E-state index in [1.807, 2.05) is 30.3 Å². The van der Waals surface area contributed by atoms with Crippen molar-refractivity contribution >= 4 is 39.5 Å². The van der Waals surface area contributed by atoms with E-state index in [2.05, 4.69) is 15.3 Å². The molecule has 0 spiro atoms. The van der Waals surface area contributed by atoms with Crippen LogP contribution in [-0.2, 0) is 4.79 Å². The van der Waals surface area contributed by atoms with Gasteiger partial charge < -0.3 is 0 Å². The molecular weight excluding hydrogens is 394 g/mol. The Morgan fingerprint density at radius 2 is 1.83 bits per heavy atom. The quantitative estimate of drug-likeness (QED) is 0.441. The second kappa shape index (κ2) is 7.92. The Balaban J connectivity index is 1.62. The summed E-state index contributed by atoms with van der Waals surface area (Å²) in [6.45, 7) is -1.04. The molecule has 1 N–H and O–H groups in total. The number of carbonyl (C=O) groups excluding carboxylic acids is 1. The number of anilines is 1. The molecule has 0 radical (unpaired) electrons. The molecule has 4 aromatic rings. The SMILES string of the molecule is Cc1nc(NC(=O)/C=C/c2ccccc2)sc1-c1nc2ccccc2n1C(F)F. The van der Waals surface area contributed by atoms with Gasteiger partial charge in [-0.1, -0.05) is 53.8 Å². The summed E-state index contributed by atoms with van der Waals surface area (Å²) >= 11 is 1.12. The summed E-state index contributed by atoms with van der Waals surface area (Å²) in [6.07, 6.45) is 3.09. The Labute approximate surface area is 169 Å². The molecule has 2 aromatic heterocycles. The third-order valence-corrected chi connectivity index (χ3v) is 5.32. The number of hydrogen-bond donors (Lipinski definition) is 1. The van der Waals surface area contributed by atoms with Crippen LogP contribution in [0.25, 0.3) is 27.8 Å². The van der Waals surface area contributed by atoms with Crippen LogP contribution in [-0.4, -0.2) is 20.4 Å². The van der Waals surface area contributed by atoms with Crippen molar-refractivity contribution < 1.29 is 13.6 Å². The number of halogens is 2. The Morgan fingerprint density at radius 3 is 2.59 bits per heavy atom. The summed E-state index contributed by atoms with van der Waals surface area (Å²) in [5.74, 6) is -0.215. The maximum absolute atomic E-state index is 13.7. The predicted octanol–water partition coefficient (Wildman–Crippen LogP) is 5.52. The van der Waals surface area contributed by atoms with E-state index in [-0.39, 0.29) is 11.7 Å². The third-order valence-electron chi connectivity index (χ3n) is 4.25. The normalized spacial score (nSPS) is 11.6. The number of carbonyl (C=O) groups is 1. The number of thiazole rings is 1. The summed E-state index contributed by atoms with van der Waals surface area (Å²) < 4.78 is 28.3. The fourth-order valence-electron chi connectivity index (χ4n) is 2.94. The van der Waals surface area contributed by atoms with Crippen LogP contribution < -0.4 is 5.32 Å². The van der Waals surface area contributed by atoms with Crippen LogP contribution in [0, 0.1) is 6.92 Å². The molecule has 1 amide bonds. The number of para-hydroxylation sites is 2. The number of aromatic nitrogens is 3. The number of fused-ring (bicyclic) bond motifs is 1. The summed E-state index contributed by atoms with van der Waals surface area (Å²) in [4.78, 5) is 21.3. The number of hydrogen-bond acceptors (Lipinski definition) is 4. The first-order chi connectivity index (χ1) is 14.0. The monoisotopic (exact) mass is 410 g/mol. The standard InChI is InChI=1S/C21H16F2N4OS/c1-13-18(19-25-15-9-5-6-10-16(15)27(19)20(22)23)29-21(24-13)26-17(28)12-11-14-7-3-2-4-8-14/h2-12,20H,1H3,(H,24,26,28)/b12-11+. The molecule has 29 heavy (non-hydrogen) atoms. The second-order valence-electron chi connectivity index (χ2n) is 6.24. The van der Waals surface area contributed by atoms with Crippen LogP contribution >= 0.6 is 11.3 Å². The molecule has 5 nitrogen and oxygen atoms in total. The first-order valence-electron chi connectivity index (χ1n) is 8.80. The highest BCUT2D eigenvalue weighted by atomic mass is 32.1. The average molecular weight is 410 g/mol. The van der Waals surface area contributed by atoms with Gasteiger partial charge in [0.05, 0.1) is 21.6 Å². The summed E-state index contributed by atoms with van der Waals surface area (Å²) in [5.41, 5.74) is 2.24. The molecule has 4 rings (SSSR count). The van der Waals surface area contributed by atoms with Gasteiger partial charge in [0.1, 0.15) is 0 Å². The predicted molar refractivity (Wildman–Crippen MR) is 111 cm³/mol. The van der Waals surface area contributed by atoms with E-state index in [9.17, 15) is 13.6 Å². The van der Waals surface area contributed by atoms with Crippen molar-refractivity contribution in [2.75, 3.05) is 5.32 Å². The van der Waals surface area contributed by atoms with Gasteiger partial charge in [0.2, 0.25) is 5.91 Å².